The first-order valence-electron chi connectivity index (χ1n) is 12.8. The first-order chi connectivity index (χ1) is 15.5. The van der Waals surface area contributed by atoms with Crippen LogP contribution in [0, 0.1) is 47.1 Å². The molecule has 3 aliphatic rings. The fourth-order valence-corrected chi connectivity index (χ4v) is 6.76. The molecule has 3 aliphatic carbocycles. The smallest absolute Gasteiger partial charge is 0.314 e. The van der Waals surface area contributed by atoms with Crippen LogP contribution < -0.4 is 4.74 Å². The fraction of sp³-hybridized carbons (Fsp3) is 0.679. The van der Waals surface area contributed by atoms with Crippen LogP contribution in [0.1, 0.15) is 83.1 Å². The summed E-state index contributed by atoms with van der Waals surface area (Å²) in [6.07, 6.45) is 14.6. The number of halogens is 2. The van der Waals surface area contributed by atoms with E-state index in [1.807, 2.05) is 0 Å². The van der Waals surface area contributed by atoms with Gasteiger partial charge >= 0.3 is 5.97 Å². The number of allylic oxidation sites excluding steroid dienone is 1. The minimum Gasteiger partial charge on any atom is -0.423 e. The average Bonchev–Trinajstić information content (AvgIpc) is 2.81. The molecule has 0 radical (unpaired) electrons. The molecule has 0 aliphatic heterocycles. The summed E-state index contributed by atoms with van der Waals surface area (Å²) in [7, 11) is 0. The molecule has 1 aromatic rings. The highest BCUT2D eigenvalue weighted by atomic mass is 19.2. The van der Waals surface area contributed by atoms with Crippen LogP contribution in [0.5, 0.6) is 5.75 Å². The second-order valence-electron chi connectivity index (χ2n) is 10.7. The van der Waals surface area contributed by atoms with E-state index in [-0.39, 0.29) is 23.2 Å². The van der Waals surface area contributed by atoms with E-state index in [0.717, 1.165) is 37.0 Å². The van der Waals surface area contributed by atoms with Gasteiger partial charge in [-0.05, 0) is 92.6 Å². The molecule has 32 heavy (non-hydrogen) atoms. The Morgan fingerprint density at radius 2 is 1.75 bits per heavy atom. The summed E-state index contributed by atoms with van der Waals surface area (Å²) in [6, 6.07) is 2.92. The molecule has 0 saturated heterocycles. The van der Waals surface area contributed by atoms with E-state index in [9.17, 15) is 13.6 Å². The molecular formula is C28H38F2O2. The number of esters is 1. The number of benzene rings is 1. The Morgan fingerprint density at radius 1 is 1.00 bits per heavy atom. The monoisotopic (exact) mass is 444 g/mol. The summed E-state index contributed by atoms with van der Waals surface area (Å²) >= 11 is 0. The van der Waals surface area contributed by atoms with E-state index in [1.165, 1.54) is 57.1 Å². The summed E-state index contributed by atoms with van der Waals surface area (Å²) in [5.74, 6) is 0.621. The second-order valence-corrected chi connectivity index (χ2v) is 10.7. The molecular weight excluding hydrogens is 406 g/mol. The molecule has 0 bridgehead atoms. The van der Waals surface area contributed by atoms with Gasteiger partial charge in [-0.25, -0.2) is 4.39 Å². The highest BCUT2D eigenvalue weighted by molar-refractivity contribution is 5.75. The van der Waals surface area contributed by atoms with Crippen LogP contribution in [0.2, 0.25) is 0 Å². The quantitative estimate of drug-likeness (QED) is 0.256. The predicted molar refractivity (Wildman–Crippen MR) is 123 cm³/mol. The maximum absolute atomic E-state index is 14.6. The number of rotatable bonds is 6. The van der Waals surface area contributed by atoms with Crippen molar-refractivity contribution in [3.8, 4) is 5.75 Å². The summed E-state index contributed by atoms with van der Waals surface area (Å²) in [5.41, 5.74) is 0.287. The van der Waals surface area contributed by atoms with Gasteiger partial charge in [0, 0.05) is 0 Å². The zero-order chi connectivity index (χ0) is 22.7. The maximum atomic E-state index is 14.6. The zero-order valence-electron chi connectivity index (χ0n) is 19.5. The molecule has 0 amide bonds. The van der Waals surface area contributed by atoms with Crippen LogP contribution in [0.25, 0.3) is 0 Å². The largest absolute Gasteiger partial charge is 0.423 e. The molecule has 0 spiro atoms. The van der Waals surface area contributed by atoms with E-state index < -0.39 is 11.6 Å². The number of hydrogen-bond acceptors (Lipinski definition) is 2. The van der Waals surface area contributed by atoms with Crippen molar-refractivity contribution in [1.82, 2.24) is 0 Å². The number of hydrogen-bond donors (Lipinski definition) is 0. The molecule has 176 valence electrons. The highest BCUT2D eigenvalue weighted by Crippen LogP contribution is 2.50. The van der Waals surface area contributed by atoms with Crippen LogP contribution in [-0.2, 0) is 11.2 Å². The lowest BCUT2D eigenvalue weighted by molar-refractivity contribution is -0.144. The Kier molecular flexibility index (Phi) is 7.68. The Hall–Kier alpha value is -1.71. The van der Waals surface area contributed by atoms with Crippen molar-refractivity contribution in [3.63, 3.8) is 0 Å². The first kappa shape index (κ1) is 23.4. The molecule has 4 rings (SSSR count). The van der Waals surface area contributed by atoms with Gasteiger partial charge in [0.25, 0.3) is 0 Å². The van der Waals surface area contributed by atoms with Gasteiger partial charge < -0.3 is 4.74 Å². The van der Waals surface area contributed by atoms with E-state index in [0.29, 0.717) is 24.7 Å². The minimum atomic E-state index is -1.05. The number of aryl methyl sites for hydroxylation is 1. The Balaban J connectivity index is 1.38. The molecule has 4 heteroatoms. The Labute approximate surface area is 191 Å². The number of ether oxygens (including phenoxy) is 1. The maximum Gasteiger partial charge on any atom is 0.314 e. The van der Waals surface area contributed by atoms with E-state index >= 15 is 0 Å². The summed E-state index contributed by atoms with van der Waals surface area (Å²) < 4.78 is 34.4. The van der Waals surface area contributed by atoms with Gasteiger partial charge in [-0.1, -0.05) is 44.7 Å². The number of fused-ring (bicyclic) bond motifs is 1. The van der Waals surface area contributed by atoms with Gasteiger partial charge in [0.05, 0.1) is 5.92 Å². The summed E-state index contributed by atoms with van der Waals surface area (Å²) in [4.78, 5) is 13.0. The van der Waals surface area contributed by atoms with Crippen LogP contribution in [0.15, 0.2) is 24.8 Å². The molecule has 4 unspecified atom stereocenters. The normalized spacial score (nSPS) is 32.7. The number of carbonyl (C=O) groups excluding carboxylic acids is 1. The average molecular weight is 445 g/mol. The van der Waals surface area contributed by atoms with E-state index in [1.54, 1.807) is 6.08 Å². The van der Waals surface area contributed by atoms with Crippen molar-refractivity contribution in [2.24, 2.45) is 35.5 Å². The van der Waals surface area contributed by atoms with Crippen LogP contribution in [0.3, 0.4) is 0 Å². The standard InChI is InChI=1S/C28H38F2O2/c1-3-4-6-20-14-16-25(27(30)26(20)29)32-28(31)24-8-5-7-22-17-21(13-15-23(22)24)19-11-9-18(2)10-12-19/h3,14,16,18-19,21-24H,1,4-13,15,17H2,2H3. The molecule has 3 saturated carbocycles. The lowest BCUT2D eigenvalue weighted by Gasteiger charge is -2.45. The number of carbonyl (C=O) groups is 1. The van der Waals surface area contributed by atoms with Crippen LogP contribution in [-0.4, -0.2) is 5.97 Å². The summed E-state index contributed by atoms with van der Waals surface area (Å²) in [5, 5.41) is 0. The molecule has 2 nitrogen and oxygen atoms in total. The van der Waals surface area contributed by atoms with Crippen molar-refractivity contribution in [1.29, 1.82) is 0 Å². The van der Waals surface area contributed by atoms with Gasteiger partial charge in [-0.15, -0.1) is 6.58 Å². The van der Waals surface area contributed by atoms with Crippen molar-refractivity contribution in [3.05, 3.63) is 42.0 Å². The first-order valence-corrected chi connectivity index (χ1v) is 12.8. The van der Waals surface area contributed by atoms with Crippen LogP contribution in [0.4, 0.5) is 8.78 Å². The van der Waals surface area contributed by atoms with Crippen molar-refractivity contribution >= 4 is 5.97 Å². The molecule has 3 fully saturated rings. The van der Waals surface area contributed by atoms with Crippen molar-refractivity contribution < 1.29 is 18.3 Å². The van der Waals surface area contributed by atoms with Gasteiger partial charge in [-0.3, -0.25) is 4.79 Å². The zero-order valence-corrected chi connectivity index (χ0v) is 19.5. The third-order valence-electron chi connectivity index (χ3n) is 8.67. The van der Waals surface area contributed by atoms with Gasteiger partial charge in [0.1, 0.15) is 0 Å². The van der Waals surface area contributed by atoms with Crippen molar-refractivity contribution in [2.75, 3.05) is 0 Å². The van der Waals surface area contributed by atoms with E-state index in [2.05, 4.69) is 13.5 Å². The fourth-order valence-electron chi connectivity index (χ4n) is 6.76. The molecule has 4 atom stereocenters. The lowest BCUT2D eigenvalue weighted by atomic mass is 9.59. The van der Waals surface area contributed by atoms with Crippen molar-refractivity contribution in [2.45, 2.75) is 84.0 Å². The van der Waals surface area contributed by atoms with Gasteiger partial charge in [-0.2, -0.15) is 4.39 Å². The van der Waals surface area contributed by atoms with Gasteiger partial charge in [0.2, 0.25) is 5.82 Å². The third-order valence-corrected chi connectivity index (χ3v) is 8.67. The van der Waals surface area contributed by atoms with Crippen LogP contribution >= 0.6 is 0 Å². The topological polar surface area (TPSA) is 26.3 Å². The Morgan fingerprint density at radius 3 is 2.50 bits per heavy atom. The minimum absolute atomic E-state index is 0.191. The highest BCUT2D eigenvalue weighted by Gasteiger charge is 2.43. The Bertz CT molecular complexity index is 812. The lowest BCUT2D eigenvalue weighted by Crippen LogP contribution is -2.40. The third kappa shape index (κ3) is 5.10. The van der Waals surface area contributed by atoms with E-state index in [4.69, 9.17) is 4.74 Å². The second kappa shape index (κ2) is 10.5. The molecule has 0 N–H and O–H groups in total. The molecule has 0 aromatic heterocycles. The summed E-state index contributed by atoms with van der Waals surface area (Å²) in [6.45, 7) is 5.99. The molecule has 1 aromatic carbocycles. The van der Waals surface area contributed by atoms with Gasteiger partial charge in [0.15, 0.2) is 11.6 Å². The molecule has 0 heterocycles. The SMILES string of the molecule is C=CCCc1ccc(OC(=O)C2CCCC3CC(C4CCC(C)CC4)CCC32)c(F)c1F. The predicted octanol–water partition coefficient (Wildman–Crippen LogP) is 7.65.